The normalized spacial score (nSPS) is 13.1. The van der Waals surface area contributed by atoms with E-state index in [9.17, 15) is 9.59 Å². The predicted molar refractivity (Wildman–Crippen MR) is 82.1 cm³/mol. The van der Waals surface area contributed by atoms with Crippen LogP contribution >= 0.6 is 0 Å². The van der Waals surface area contributed by atoms with Gasteiger partial charge in [-0.1, -0.05) is 12.1 Å². The lowest BCUT2D eigenvalue weighted by molar-refractivity contribution is 0.0989. The third-order valence-electron chi connectivity index (χ3n) is 3.88. The summed E-state index contributed by atoms with van der Waals surface area (Å²) in [7, 11) is 0. The van der Waals surface area contributed by atoms with Crippen molar-refractivity contribution in [1.29, 1.82) is 0 Å². The molecule has 2 N–H and O–H groups in total. The summed E-state index contributed by atoms with van der Waals surface area (Å²) >= 11 is 0. The lowest BCUT2D eigenvalue weighted by Gasteiger charge is -2.17. The largest absolute Gasteiger partial charge is 0.329 e. The van der Waals surface area contributed by atoms with E-state index in [-0.39, 0.29) is 11.5 Å². The van der Waals surface area contributed by atoms with Gasteiger partial charge >= 0.3 is 0 Å². The Balaban J connectivity index is 1.75. The van der Waals surface area contributed by atoms with Gasteiger partial charge in [-0.05, 0) is 29.3 Å². The molecule has 0 saturated carbocycles. The van der Waals surface area contributed by atoms with Crippen LogP contribution in [0, 0.1) is 0 Å². The molecule has 0 atom stereocenters. The van der Waals surface area contributed by atoms with Crippen LogP contribution in [0.25, 0.3) is 11.4 Å². The van der Waals surface area contributed by atoms with Crippen LogP contribution in [0.4, 0.5) is 5.69 Å². The Morgan fingerprint density at radius 2 is 2.17 bits per heavy atom. The number of pyridine rings is 1. The lowest BCUT2D eigenvalue weighted by Crippen LogP contribution is -2.29. The Bertz CT molecular complexity index is 931. The maximum Gasteiger partial charge on any atom is 0.258 e. The molecule has 4 rings (SSSR count). The first-order valence-electron chi connectivity index (χ1n) is 7.10. The highest BCUT2D eigenvalue weighted by Gasteiger charge is 2.28. The Labute approximate surface area is 130 Å². The third-order valence-corrected chi connectivity index (χ3v) is 3.88. The molecule has 0 bridgehead atoms. The van der Waals surface area contributed by atoms with Crippen LogP contribution in [0.5, 0.6) is 0 Å². The lowest BCUT2D eigenvalue weighted by atomic mass is 10.0. The SMILES string of the molecule is O=C(c1cc[nH]c(=O)c1)N1CCc2c(-c3nn[nH]n3)cccc21. The number of aromatic nitrogens is 5. The van der Waals surface area contributed by atoms with Crippen LogP contribution in [0.1, 0.15) is 15.9 Å². The molecule has 114 valence electrons. The van der Waals surface area contributed by atoms with Gasteiger partial charge in [-0.3, -0.25) is 9.59 Å². The fourth-order valence-corrected chi connectivity index (χ4v) is 2.86. The van der Waals surface area contributed by atoms with Crippen molar-refractivity contribution in [2.45, 2.75) is 6.42 Å². The second-order valence-corrected chi connectivity index (χ2v) is 5.19. The monoisotopic (exact) mass is 308 g/mol. The number of hydrogen-bond acceptors (Lipinski definition) is 5. The number of hydrogen-bond donors (Lipinski definition) is 2. The van der Waals surface area contributed by atoms with Crippen LogP contribution in [-0.2, 0) is 6.42 Å². The van der Waals surface area contributed by atoms with Gasteiger partial charge in [0.2, 0.25) is 11.4 Å². The minimum atomic E-state index is -0.296. The number of amides is 1. The van der Waals surface area contributed by atoms with Crippen LogP contribution in [-0.4, -0.2) is 38.1 Å². The summed E-state index contributed by atoms with van der Waals surface area (Å²) in [5, 5.41) is 14.0. The average Bonchev–Trinajstić information content (AvgIpc) is 3.23. The maximum absolute atomic E-state index is 12.7. The van der Waals surface area contributed by atoms with Gasteiger partial charge in [0.15, 0.2) is 0 Å². The molecular weight excluding hydrogens is 296 g/mol. The van der Waals surface area contributed by atoms with E-state index in [1.165, 1.54) is 12.3 Å². The number of benzene rings is 1. The summed E-state index contributed by atoms with van der Waals surface area (Å²) in [5.74, 6) is 0.312. The fourth-order valence-electron chi connectivity index (χ4n) is 2.86. The Morgan fingerprint density at radius 3 is 2.96 bits per heavy atom. The van der Waals surface area contributed by atoms with Crippen molar-refractivity contribution in [3.8, 4) is 11.4 Å². The van der Waals surface area contributed by atoms with Gasteiger partial charge in [-0.2, -0.15) is 5.21 Å². The molecule has 1 aliphatic heterocycles. The smallest absolute Gasteiger partial charge is 0.258 e. The number of H-pyrrole nitrogens is 2. The van der Waals surface area contributed by atoms with Crippen molar-refractivity contribution in [2.75, 3.05) is 11.4 Å². The van der Waals surface area contributed by atoms with E-state index in [4.69, 9.17) is 0 Å². The van der Waals surface area contributed by atoms with E-state index < -0.39 is 0 Å². The molecule has 23 heavy (non-hydrogen) atoms. The molecule has 1 aliphatic rings. The molecule has 0 unspecified atom stereocenters. The third kappa shape index (κ3) is 2.20. The number of nitrogens with zero attached hydrogens (tertiary/aromatic N) is 4. The zero-order valence-electron chi connectivity index (χ0n) is 12.0. The molecule has 8 heteroatoms. The fraction of sp³-hybridized carbons (Fsp3) is 0.133. The van der Waals surface area contributed by atoms with Crippen LogP contribution < -0.4 is 10.5 Å². The van der Waals surface area contributed by atoms with E-state index in [0.29, 0.717) is 24.4 Å². The summed E-state index contributed by atoms with van der Waals surface area (Å²) in [6.07, 6.45) is 2.18. The highest BCUT2D eigenvalue weighted by atomic mass is 16.2. The van der Waals surface area contributed by atoms with Gasteiger partial charge in [0, 0.05) is 35.6 Å². The molecule has 0 radical (unpaired) electrons. The molecule has 1 amide bonds. The van der Waals surface area contributed by atoms with Gasteiger partial charge in [-0.25, -0.2) is 0 Å². The van der Waals surface area contributed by atoms with Crippen molar-refractivity contribution in [1.82, 2.24) is 25.6 Å². The highest BCUT2D eigenvalue weighted by molar-refractivity contribution is 6.07. The molecule has 1 aromatic carbocycles. The number of fused-ring (bicyclic) bond motifs is 1. The number of anilines is 1. The van der Waals surface area contributed by atoms with Crippen LogP contribution in [0.15, 0.2) is 41.3 Å². The molecule has 0 aliphatic carbocycles. The molecule has 2 aromatic heterocycles. The zero-order valence-corrected chi connectivity index (χ0v) is 12.0. The molecule has 3 aromatic rings. The summed E-state index contributed by atoms with van der Waals surface area (Å²) in [4.78, 5) is 28.3. The minimum absolute atomic E-state index is 0.194. The first-order chi connectivity index (χ1) is 11.2. The summed E-state index contributed by atoms with van der Waals surface area (Å²) < 4.78 is 0. The van der Waals surface area contributed by atoms with Crippen molar-refractivity contribution in [2.24, 2.45) is 0 Å². The van der Waals surface area contributed by atoms with Gasteiger partial charge in [0.05, 0.1) is 0 Å². The standard InChI is InChI=1S/C15H12N6O2/c22-13-8-9(4-6-16-13)15(23)21-7-5-10-11(2-1-3-12(10)21)14-17-19-20-18-14/h1-4,6,8H,5,7H2,(H,16,22)(H,17,18,19,20). The topological polar surface area (TPSA) is 108 Å². The van der Waals surface area contributed by atoms with Crippen molar-refractivity contribution < 1.29 is 4.79 Å². The zero-order chi connectivity index (χ0) is 15.8. The van der Waals surface area contributed by atoms with E-state index >= 15 is 0 Å². The van der Waals surface area contributed by atoms with Crippen molar-refractivity contribution >= 4 is 11.6 Å². The Hall–Kier alpha value is -3.29. The van der Waals surface area contributed by atoms with Crippen LogP contribution in [0.2, 0.25) is 0 Å². The number of carbonyl (C=O) groups is 1. The molecule has 8 nitrogen and oxygen atoms in total. The van der Waals surface area contributed by atoms with Crippen molar-refractivity contribution in [3.63, 3.8) is 0 Å². The first-order valence-corrected chi connectivity index (χ1v) is 7.10. The van der Waals surface area contributed by atoms with E-state index in [2.05, 4.69) is 25.6 Å². The number of nitrogens with one attached hydrogen (secondary N) is 2. The second kappa shape index (κ2) is 5.16. The number of carbonyl (C=O) groups excluding carboxylic acids is 1. The first kappa shape index (κ1) is 13.4. The van der Waals surface area contributed by atoms with E-state index in [0.717, 1.165) is 16.8 Å². The maximum atomic E-state index is 12.7. The molecule has 3 heterocycles. The van der Waals surface area contributed by atoms with Crippen LogP contribution in [0.3, 0.4) is 0 Å². The van der Waals surface area contributed by atoms with Gasteiger partial charge in [0.25, 0.3) is 5.91 Å². The summed E-state index contributed by atoms with van der Waals surface area (Å²) in [6.45, 7) is 0.551. The number of tetrazole rings is 1. The van der Waals surface area contributed by atoms with E-state index in [1.807, 2.05) is 18.2 Å². The van der Waals surface area contributed by atoms with Gasteiger partial charge in [-0.15, -0.1) is 10.2 Å². The second-order valence-electron chi connectivity index (χ2n) is 5.19. The van der Waals surface area contributed by atoms with Gasteiger partial charge in [0.1, 0.15) is 0 Å². The summed E-state index contributed by atoms with van der Waals surface area (Å²) in [5.41, 5.74) is 2.75. The predicted octanol–water partition coefficient (Wildman–Crippen LogP) is 0.758. The molecular formula is C15H12N6O2. The highest BCUT2D eigenvalue weighted by Crippen LogP contribution is 2.35. The van der Waals surface area contributed by atoms with Gasteiger partial charge < -0.3 is 9.88 Å². The molecule has 0 fully saturated rings. The quantitative estimate of drug-likeness (QED) is 0.726. The number of rotatable bonds is 2. The van der Waals surface area contributed by atoms with E-state index in [1.54, 1.807) is 11.0 Å². The Morgan fingerprint density at radius 1 is 1.26 bits per heavy atom. The number of aromatic amines is 2. The summed E-state index contributed by atoms with van der Waals surface area (Å²) in [6, 6.07) is 8.56. The average molecular weight is 308 g/mol. The van der Waals surface area contributed by atoms with Crippen molar-refractivity contribution in [3.05, 3.63) is 58.0 Å². The molecule has 0 saturated heterocycles. The Kier molecular flexibility index (Phi) is 3.00. The minimum Gasteiger partial charge on any atom is -0.329 e. The molecule has 0 spiro atoms.